The van der Waals surface area contributed by atoms with Crippen LogP contribution in [0, 0.1) is 23.0 Å². The van der Waals surface area contributed by atoms with Crippen molar-refractivity contribution in [2.45, 2.75) is 12.9 Å². The lowest BCUT2D eigenvalue weighted by atomic mass is 10.1. The first-order chi connectivity index (χ1) is 12.7. The van der Waals surface area contributed by atoms with Gasteiger partial charge in [0.2, 0.25) is 0 Å². The lowest BCUT2D eigenvalue weighted by Gasteiger charge is -2.09. The summed E-state index contributed by atoms with van der Waals surface area (Å²) in [5, 5.41) is 7.90. The maximum atomic E-state index is 12.9. The molecule has 0 heterocycles. The summed E-state index contributed by atoms with van der Waals surface area (Å²) in [6.45, 7) is 0. The molecule has 0 aliphatic heterocycles. The molecule has 0 spiro atoms. The van der Waals surface area contributed by atoms with Gasteiger partial charge in [0.05, 0.1) is 30.4 Å². The van der Waals surface area contributed by atoms with E-state index in [0.717, 1.165) is 24.3 Å². The van der Waals surface area contributed by atoms with Crippen molar-refractivity contribution in [1.29, 1.82) is 5.26 Å². The molecule has 0 aromatic heterocycles. The van der Waals surface area contributed by atoms with E-state index in [9.17, 15) is 26.3 Å². The Labute approximate surface area is 155 Å². The van der Waals surface area contributed by atoms with Gasteiger partial charge in [0, 0.05) is 0 Å². The normalized spacial score (nSPS) is 10.3. The molecule has 2 aromatic rings. The summed E-state index contributed by atoms with van der Waals surface area (Å²) in [6.07, 6.45) is -5.78. The Kier molecular flexibility index (Phi) is 8.25. The smallest absolute Gasteiger partial charge is 0.268 e. The number of methoxy groups -OCH3 is 2. The Hall–Kier alpha value is -2.60. The highest BCUT2D eigenvalue weighted by atomic mass is 35.5. The van der Waals surface area contributed by atoms with Crippen molar-refractivity contribution in [3.05, 3.63) is 57.6 Å². The molecular weight excluding hydrogens is 400 g/mol. The number of benzene rings is 2. The third-order valence-electron chi connectivity index (χ3n) is 3.24. The number of nitriles is 1. The zero-order chi connectivity index (χ0) is 20.7. The first-order valence-corrected chi connectivity index (χ1v) is 7.41. The number of hydrogen-bond donors (Lipinski definition) is 0. The second-order valence-corrected chi connectivity index (χ2v) is 5.11. The van der Waals surface area contributed by atoms with E-state index in [1.807, 2.05) is 0 Å². The highest BCUT2D eigenvalue weighted by Crippen LogP contribution is 2.36. The van der Waals surface area contributed by atoms with Crippen LogP contribution in [0.4, 0.5) is 26.3 Å². The number of hydrogen-bond acceptors (Lipinski definition) is 3. The highest BCUT2D eigenvalue weighted by Gasteiger charge is 2.22. The molecule has 0 aliphatic rings. The third kappa shape index (κ3) is 5.20. The summed E-state index contributed by atoms with van der Waals surface area (Å²) in [6, 6.07) is 5.46. The lowest BCUT2D eigenvalue weighted by molar-refractivity contribution is 0.146. The molecule has 0 saturated heterocycles. The fourth-order valence-corrected chi connectivity index (χ4v) is 2.25. The SMILES string of the molecule is COc1ccc(F)c(C#N)c1C(F)F.COc1ccc(F)c(Cl)c1C(F)F. The van der Waals surface area contributed by atoms with Gasteiger partial charge in [-0.15, -0.1) is 0 Å². The van der Waals surface area contributed by atoms with E-state index < -0.39 is 46.2 Å². The highest BCUT2D eigenvalue weighted by molar-refractivity contribution is 6.31. The van der Waals surface area contributed by atoms with Gasteiger partial charge in [-0.2, -0.15) is 5.26 Å². The van der Waals surface area contributed by atoms with E-state index in [4.69, 9.17) is 16.9 Å². The van der Waals surface area contributed by atoms with Crippen molar-refractivity contribution in [3.63, 3.8) is 0 Å². The van der Waals surface area contributed by atoms with Crippen molar-refractivity contribution >= 4 is 11.6 Å². The predicted molar refractivity (Wildman–Crippen MR) is 85.5 cm³/mol. The molecule has 3 nitrogen and oxygen atoms in total. The Morgan fingerprint density at radius 1 is 0.852 bits per heavy atom. The number of ether oxygens (including phenoxy) is 2. The van der Waals surface area contributed by atoms with Gasteiger partial charge in [-0.05, 0) is 24.3 Å². The van der Waals surface area contributed by atoms with Crippen molar-refractivity contribution in [2.24, 2.45) is 0 Å². The van der Waals surface area contributed by atoms with E-state index in [1.165, 1.54) is 20.3 Å². The predicted octanol–water partition coefficient (Wildman–Crippen LogP) is 6.07. The van der Waals surface area contributed by atoms with E-state index in [-0.39, 0.29) is 11.5 Å². The Bertz CT molecular complexity index is 839. The Morgan fingerprint density at radius 2 is 1.30 bits per heavy atom. The molecule has 2 rings (SSSR count). The molecule has 0 unspecified atom stereocenters. The van der Waals surface area contributed by atoms with Gasteiger partial charge >= 0.3 is 0 Å². The molecule has 27 heavy (non-hydrogen) atoms. The average molecular weight is 412 g/mol. The fourth-order valence-electron chi connectivity index (χ4n) is 2.01. The lowest BCUT2D eigenvalue weighted by Crippen LogP contribution is -1.99. The molecule has 0 radical (unpaired) electrons. The van der Waals surface area contributed by atoms with Crippen molar-refractivity contribution < 1.29 is 35.8 Å². The van der Waals surface area contributed by atoms with Crippen molar-refractivity contribution in [2.75, 3.05) is 14.2 Å². The van der Waals surface area contributed by atoms with Crippen LogP contribution in [0.2, 0.25) is 5.02 Å². The minimum absolute atomic E-state index is 0.110. The number of halogens is 7. The maximum Gasteiger partial charge on any atom is 0.268 e. The molecule has 0 aliphatic carbocycles. The molecule has 2 aromatic carbocycles. The van der Waals surface area contributed by atoms with Crippen LogP contribution in [-0.2, 0) is 0 Å². The quantitative estimate of drug-likeness (QED) is 0.573. The van der Waals surface area contributed by atoms with Crippen LogP contribution in [0.5, 0.6) is 11.5 Å². The molecule has 10 heteroatoms. The summed E-state index contributed by atoms with van der Waals surface area (Å²) in [7, 11) is 2.40. The monoisotopic (exact) mass is 411 g/mol. The first-order valence-electron chi connectivity index (χ1n) is 7.04. The molecule has 0 bridgehead atoms. The molecule has 0 amide bonds. The van der Waals surface area contributed by atoms with Gasteiger partial charge in [-0.3, -0.25) is 0 Å². The van der Waals surface area contributed by atoms with Gasteiger partial charge < -0.3 is 9.47 Å². The maximum absolute atomic E-state index is 12.9. The van der Waals surface area contributed by atoms with Crippen LogP contribution >= 0.6 is 11.6 Å². The minimum Gasteiger partial charge on any atom is -0.496 e. The largest absolute Gasteiger partial charge is 0.496 e. The third-order valence-corrected chi connectivity index (χ3v) is 3.62. The van der Waals surface area contributed by atoms with Gasteiger partial charge in [0.25, 0.3) is 12.9 Å². The zero-order valence-electron chi connectivity index (χ0n) is 13.9. The van der Waals surface area contributed by atoms with E-state index in [0.29, 0.717) is 0 Å². The van der Waals surface area contributed by atoms with Crippen LogP contribution in [-0.4, -0.2) is 14.2 Å². The van der Waals surface area contributed by atoms with E-state index >= 15 is 0 Å². The standard InChI is InChI=1S/C9H6F3NO.C8H6ClF3O/c1-14-7-3-2-6(10)5(4-13)8(7)9(11)12;1-13-5-3-2-4(10)7(9)6(5)8(11)12/h2-3,9H,1H3;2-3,8H,1H3. The number of alkyl halides is 4. The van der Waals surface area contributed by atoms with Crippen LogP contribution in [0.1, 0.15) is 29.5 Å². The molecule has 0 fully saturated rings. The van der Waals surface area contributed by atoms with Gasteiger partial charge in [0.1, 0.15) is 34.8 Å². The summed E-state index contributed by atoms with van der Waals surface area (Å²) in [5.41, 5.74) is -1.97. The van der Waals surface area contributed by atoms with Gasteiger partial charge in [-0.25, -0.2) is 26.3 Å². The van der Waals surface area contributed by atoms with E-state index in [2.05, 4.69) is 9.47 Å². The molecule has 0 saturated carbocycles. The van der Waals surface area contributed by atoms with Crippen LogP contribution in [0.25, 0.3) is 0 Å². The van der Waals surface area contributed by atoms with Crippen LogP contribution in [0.15, 0.2) is 24.3 Å². The Morgan fingerprint density at radius 3 is 1.70 bits per heavy atom. The number of rotatable bonds is 4. The summed E-state index contributed by atoms with van der Waals surface area (Å²) >= 11 is 5.34. The second kappa shape index (κ2) is 9.92. The average Bonchev–Trinajstić information content (AvgIpc) is 2.63. The summed E-state index contributed by atoms with van der Waals surface area (Å²) < 4.78 is 84.4. The van der Waals surface area contributed by atoms with Gasteiger partial charge in [0.15, 0.2) is 0 Å². The van der Waals surface area contributed by atoms with Crippen molar-refractivity contribution in [3.8, 4) is 17.6 Å². The topological polar surface area (TPSA) is 42.2 Å². The molecule has 146 valence electrons. The summed E-state index contributed by atoms with van der Waals surface area (Å²) in [5.74, 6) is -2.14. The first kappa shape index (κ1) is 22.4. The molecule has 0 N–H and O–H groups in total. The van der Waals surface area contributed by atoms with Gasteiger partial charge in [-0.1, -0.05) is 11.6 Å². The summed E-state index contributed by atoms with van der Waals surface area (Å²) in [4.78, 5) is 0. The molecule has 0 atom stereocenters. The van der Waals surface area contributed by atoms with E-state index in [1.54, 1.807) is 0 Å². The minimum atomic E-state index is -2.93. The molecular formula is C17H12ClF6NO2. The number of nitrogens with zero attached hydrogens (tertiary/aromatic N) is 1. The zero-order valence-corrected chi connectivity index (χ0v) is 14.6. The van der Waals surface area contributed by atoms with Crippen molar-refractivity contribution in [1.82, 2.24) is 0 Å². The fraction of sp³-hybridized carbons (Fsp3) is 0.235. The Balaban J connectivity index is 0.000000271. The second-order valence-electron chi connectivity index (χ2n) is 4.73. The van der Waals surface area contributed by atoms with Crippen LogP contribution in [0.3, 0.4) is 0 Å². The van der Waals surface area contributed by atoms with Crippen LogP contribution < -0.4 is 9.47 Å².